The molecule has 0 saturated carbocycles. The number of ether oxygens (including phenoxy) is 2. The molecule has 0 aliphatic carbocycles. The summed E-state index contributed by atoms with van der Waals surface area (Å²) in [5.41, 5.74) is 0. The van der Waals surface area contributed by atoms with Gasteiger partial charge in [0.2, 0.25) is 0 Å². The fourth-order valence-corrected chi connectivity index (χ4v) is 4.52. The zero-order chi connectivity index (χ0) is 11.7. The average Bonchev–Trinajstić information content (AvgIpc) is 2.31. The van der Waals surface area contributed by atoms with E-state index < -0.39 is 5.79 Å². The summed E-state index contributed by atoms with van der Waals surface area (Å²) in [6, 6.07) is 1.09. The zero-order valence-corrected chi connectivity index (χ0v) is 15.7. The molecule has 0 aliphatic rings. The second kappa shape index (κ2) is 8.62. The van der Waals surface area contributed by atoms with E-state index in [1.54, 1.807) is 14.2 Å². The first-order chi connectivity index (χ1) is 7.17. The van der Waals surface area contributed by atoms with Crippen molar-refractivity contribution in [3.63, 3.8) is 0 Å². The summed E-state index contributed by atoms with van der Waals surface area (Å²) in [7, 11) is 4.36. The summed E-state index contributed by atoms with van der Waals surface area (Å²) in [5, 5.41) is 0. The maximum atomic E-state index is 5.51. The molecule has 0 unspecified atom stereocenters. The second-order valence-electron chi connectivity index (χ2n) is 3.36. The lowest BCUT2D eigenvalue weighted by atomic mass is 10.1. The van der Waals surface area contributed by atoms with E-state index in [4.69, 9.17) is 18.3 Å². The third-order valence-electron chi connectivity index (χ3n) is 2.65. The minimum atomic E-state index is -0.405. The smallest absolute Gasteiger partial charge is 0.149 e. The number of hydrogen-bond acceptors (Lipinski definition) is 4. The van der Waals surface area contributed by atoms with Crippen molar-refractivity contribution in [1.29, 1.82) is 0 Å². The van der Waals surface area contributed by atoms with Crippen molar-refractivity contribution in [3.8, 4) is 0 Å². The van der Waals surface area contributed by atoms with Gasteiger partial charge in [0, 0.05) is 14.2 Å². The molecule has 0 bridgehead atoms. The summed E-state index contributed by atoms with van der Waals surface area (Å²) in [5.74, 6) is -0.395. The van der Waals surface area contributed by atoms with Crippen LogP contribution in [0.3, 0.4) is 0 Å². The highest BCUT2D eigenvalue weighted by Gasteiger charge is 2.25. The van der Waals surface area contributed by atoms with Gasteiger partial charge in [-0.2, -0.15) is 0 Å². The molecule has 91 valence electrons. The monoisotopic (exact) mass is 267 g/mol. The molecular formula is C8H23O4Si3. The van der Waals surface area contributed by atoms with Crippen LogP contribution < -0.4 is 0 Å². The maximum Gasteiger partial charge on any atom is 0.149 e. The van der Waals surface area contributed by atoms with E-state index in [1.165, 1.54) is 0 Å². The predicted molar refractivity (Wildman–Crippen MR) is 70.5 cm³/mol. The van der Waals surface area contributed by atoms with Crippen LogP contribution in [-0.2, 0) is 18.3 Å². The van der Waals surface area contributed by atoms with Gasteiger partial charge in [0.25, 0.3) is 0 Å². The van der Waals surface area contributed by atoms with Crippen LogP contribution in [-0.4, -0.2) is 56.4 Å². The van der Waals surface area contributed by atoms with Gasteiger partial charge >= 0.3 is 0 Å². The first-order valence-electron chi connectivity index (χ1n) is 5.13. The Morgan fingerprint density at radius 3 is 2.13 bits per heavy atom. The summed E-state index contributed by atoms with van der Waals surface area (Å²) in [4.78, 5) is 0. The van der Waals surface area contributed by atoms with Crippen molar-refractivity contribution in [2.75, 3.05) is 14.2 Å². The molecule has 0 aromatic rings. The van der Waals surface area contributed by atoms with Gasteiger partial charge in [0.1, 0.15) is 32.7 Å². The van der Waals surface area contributed by atoms with Crippen LogP contribution in [0.1, 0.15) is 12.8 Å². The lowest BCUT2D eigenvalue weighted by Crippen LogP contribution is -2.35. The van der Waals surface area contributed by atoms with E-state index in [1.807, 2.05) is 0 Å². The van der Waals surface area contributed by atoms with Gasteiger partial charge < -0.3 is 18.3 Å². The fraction of sp³-hybridized carbons (Fsp3) is 0.875. The molecule has 0 amide bonds. The Bertz CT molecular complexity index is 143. The minimum absolute atomic E-state index is 0.00992. The quantitative estimate of drug-likeness (QED) is 0.360. The Kier molecular flexibility index (Phi) is 8.90. The highest BCUT2D eigenvalue weighted by atomic mass is 28.2. The molecule has 1 radical (unpaired) electrons. The third-order valence-corrected chi connectivity index (χ3v) is 6.04. The summed E-state index contributed by atoms with van der Waals surface area (Å²) >= 11 is 0. The summed E-state index contributed by atoms with van der Waals surface area (Å²) in [6.45, 7) is 3.89. The number of rotatable bonds is 9. The van der Waals surface area contributed by atoms with Crippen molar-refractivity contribution in [2.24, 2.45) is 0 Å². The molecule has 0 aliphatic heterocycles. The van der Waals surface area contributed by atoms with E-state index in [-0.39, 0.29) is 15.4 Å². The summed E-state index contributed by atoms with van der Waals surface area (Å²) in [6.07, 6.45) is 1.60. The highest BCUT2D eigenvalue weighted by Crippen LogP contribution is 2.21. The van der Waals surface area contributed by atoms with Crippen LogP contribution >= 0.6 is 0 Å². The van der Waals surface area contributed by atoms with Crippen LogP contribution in [0.5, 0.6) is 0 Å². The molecule has 0 heterocycles. The topological polar surface area (TPSA) is 36.9 Å². The Morgan fingerprint density at radius 2 is 1.80 bits per heavy atom. The molecule has 0 saturated heterocycles. The molecule has 4 nitrogen and oxygen atoms in total. The van der Waals surface area contributed by atoms with Gasteiger partial charge in [-0.3, -0.25) is 0 Å². The van der Waals surface area contributed by atoms with E-state index in [2.05, 4.69) is 6.92 Å². The lowest BCUT2D eigenvalue weighted by molar-refractivity contribution is -0.107. The predicted octanol–water partition coefficient (Wildman–Crippen LogP) is -1.95. The molecule has 0 fully saturated rings. The van der Waals surface area contributed by atoms with E-state index in [0.717, 1.165) is 12.5 Å². The Hall–Kier alpha value is 0.491. The van der Waals surface area contributed by atoms with Gasteiger partial charge in [0.15, 0.2) is 0 Å². The molecule has 0 aromatic carbocycles. The van der Waals surface area contributed by atoms with Crippen molar-refractivity contribution < 1.29 is 18.3 Å². The molecule has 0 atom stereocenters. The minimum Gasteiger partial charge on any atom is -0.402 e. The largest absolute Gasteiger partial charge is 0.402 e. The molecule has 0 N–H and O–H groups in total. The van der Waals surface area contributed by atoms with E-state index >= 15 is 0 Å². The van der Waals surface area contributed by atoms with Gasteiger partial charge in [0.05, 0.1) is 9.52 Å². The molecule has 0 rings (SSSR count). The SMILES string of the molecule is [CH2]CC(CC[SiH2]C(OC)OC)(O[SiH3])O[SiH3]. The van der Waals surface area contributed by atoms with Gasteiger partial charge in [-0.1, -0.05) is 6.04 Å². The molecular weight excluding hydrogens is 244 g/mol. The lowest BCUT2D eigenvalue weighted by Gasteiger charge is -2.31. The Labute approximate surface area is 101 Å². The summed E-state index contributed by atoms with van der Waals surface area (Å²) < 4.78 is 21.4. The maximum absolute atomic E-state index is 5.51. The molecule has 7 heteroatoms. The number of methoxy groups -OCH3 is 2. The normalized spacial score (nSPS) is 16.8. The van der Waals surface area contributed by atoms with Crippen molar-refractivity contribution in [3.05, 3.63) is 6.92 Å². The fourth-order valence-electron chi connectivity index (χ4n) is 1.49. The van der Waals surface area contributed by atoms with E-state index in [9.17, 15) is 0 Å². The van der Waals surface area contributed by atoms with Crippen LogP contribution in [0.15, 0.2) is 0 Å². The van der Waals surface area contributed by atoms with Crippen LogP contribution in [0, 0.1) is 6.92 Å². The van der Waals surface area contributed by atoms with Crippen molar-refractivity contribution in [2.45, 2.75) is 30.6 Å². The van der Waals surface area contributed by atoms with Crippen LogP contribution in [0.25, 0.3) is 0 Å². The van der Waals surface area contributed by atoms with Crippen LogP contribution in [0.4, 0.5) is 0 Å². The molecule has 0 aromatic heterocycles. The van der Waals surface area contributed by atoms with Gasteiger partial charge in [-0.05, 0) is 19.8 Å². The average molecular weight is 268 g/mol. The second-order valence-corrected chi connectivity index (χ2v) is 6.13. The molecule has 15 heavy (non-hydrogen) atoms. The zero-order valence-electron chi connectivity index (χ0n) is 10.2. The van der Waals surface area contributed by atoms with Gasteiger partial charge in [-0.25, -0.2) is 0 Å². The van der Waals surface area contributed by atoms with E-state index in [0.29, 0.717) is 27.4 Å². The van der Waals surface area contributed by atoms with Crippen molar-refractivity contribution >= 4 is 30.5 Å². The van der Waals surface area contributed by atoms with Crippen molar-refractivity contribution in [1.82, 2.24) is 0 Å². The van der Waals surface area contributed by atoms with Crippen LogP contribution in [0.2, 0.25) is 6.04 Å². The first-order valence-corrected chi connectivity index (χ1v) is 8.58. The standard InChI is InChI=1S/C8H23O4Si3/c1-4-8(11-13,12-14)5-6-15-7(9-2)10-3/h7H,1,4-6,15H2,2-3,13-14H3. The van der Waals surface area contributed by atoms with Gasteiger partial charge in [-0.15, -0.1) is 0 Å². The number of hydrogen-bond donors (Lipinski definition) is 0. The molecule has 0 spiro atoms. The first kappa shape index (κ1) is 15.5. The Morgan fingerprint density at radius 1 is 1.27 bits per heavy atom. The third kappa shape index (κ3) is 5.38. The Balaban J connectivity index is 3.89. The highest BCUT2D eigenvalue weighted by molar-refractivity contribution is 6.36.